The molecule has 4 nitrogen and oxygen atoms in total. The number of nitrogens with zero attached hydrogens (tertiary/aromatic N) is 1. The number of rotatable bonds is 5. The molecule has 0 aliphatic heterocycles. The molecular weight excluding hydrogens is 341 g/mol. The van der Waals surface area contributed by atoms with E-state index in [1.165, 1.54) is 11.3 Å². The van der Waals surface area contributed by atoms with Crippen molar-refractivity contribution in [2.45, 2.75) is 26.3 Å². The number of carbonyl (C=O) groups is 1. The standard InChI is InChI=1S/C15H18ClN3OS.ClH/c1-9(2)13(17)14(20)19-15-18-8-11(21-15)7-10-5-3-4-6-12(10)16;/h3-6,8-9,13H,7,17H2,1-2H3,(H,18,19,20);1H. The Hall–Kier alpha value is -1.14. The van der Waals surface area contributed by atoms with Gasteiger partial charge in [0.25, 0.3) is 0 Å². The number of thiazole rings is 1. The van der Waals surface area contributed by atoms with Gasteiger partial charge in [-0.15, -0.1) is 23.7 Å². The van der Waals surface area contributed by atoms with Gasteiger partial charge in [0, 0.05) is 22.5 Å². The van der Waals surface area contributed by atoms with Gasteiger partial charge in [-0.3, -0.25) is 4.79 Å². The highest BCUT2D eigenvalue weighted by atomic mass is 35.5. The van der Waals surface area contributed by atoms with E-state index < -0.39 is 6.04 Å². The van der Waals surface area contributed by atoms with Crippen molar-refractivity contribution >= 4 is 46.4 Å². The van der Waals surface area contributed by atoms with E-state index in [1.807, 2.05) is 38.1 Å². The number of hydrogen-bond acceptors (Lipinski definition) is 4. The number of halogens is 2. The molecule has 2 aromatic rings. The molecule has 1 heterocycles. The van der Waals surface area contributed by atoms with Crippen LogP contribution in [0.25, 0.3) is 0 Å². The van der Waals surface area contributed by atoms with E-state index in [0.717, 1.165) is 15.5 Å². The maximum atomic E-state index is 11.9. The number of aromatic nitrogens is 1. The molecule has 22 heavy (non-hydrogen) atoms. The summed E-state index contributed by atoms with van der Waals surface area (Å²) in [5.74, 6) is -0.115. The van der Waals surface area contributed by atoms with Crippen LogP contribution in [0.1, 0.15) is 24.3 Å². The molecule has 0 bridgehead atoms. The Bertz CT molecular complexity index is 631. The van der Waals surface area contributed by atoms with Crippen LogP contribution in [0.5, 0.6) is 0 Å². The normalized spacial score (nSPS) is 11.9. The molecule has 0 saturated heterocycles. The fourth-order valence-corrected chi connectivity index (χ4v) is 2.81. The quantitative estimate of drug-likeness (QED) is 0.854. The summed E-state index contributed by atoms with van der Waals surface area (Å²) < 4.78 is 0. The third kappa shape index (κ3) is 4.95. The summed E-state index contributed by atoms with van der Waals surface area (Å²) in [7, 11) is 0. The van der Waals surface area contributed by atoms with E-state index in [1.54, 1.807) is 6.20 Å². The van der Waals surface area contributed by atoms with Gasteiger partial charge in [0.1, 0.15) is 0 Å². The number of hydrogen-bond donors (Lipinski definition) is 2. The molecule has 0 radical (unpaired) electrons. The first-order valence-electron chi connectivity index (χ1n) is 6.72. The predicted molar refractivity (Wildman–Crippen MR) is 95.1 cm³/mol. The highest BCUT2D eigenvalue weighted by Crippen LogP contribution is 2.24. The average molecular weight is 360 g/mol. The Kier molecular flexibility index (Phi) is 7.29. The Morgan fingerprint density at radius 1 is 1.41 bits per heavy atom. The molecule has 1 atom stereocenters. The molecule has 1 aromatic heterocycles. The second-order valence-corrected chi connectivity index (χ2v) is 6.68. The maximum Gasteiger partial charge on any atom is 0.243 e. The summed E-state index contributed by atoms with van der Waals surface area (Å²) in [6, 6.07) is 7.17. The molecule has 1 unspecified atom stereocenters. The minimum absolute atomic E-state index is 0. The van der Waals surface area contributed by atoms with Crippen molar-refractivity contribution in [3.63, 3.8) is 0 Å². The first kappa shape index (κ1) is 18.9. The average Bonchev–Trinajstić information content (AvgIpc) is 2.87. The van der Waals surface area contributed by atoms with E-state index in [2.05, 4.69) is 10.3 Å². The number of anilines is 1. The largest absolute Gasteiger partial charge is 0.320 e. The van der Waals surface area contributed by atoms with Crippen LogP contribution >= 0.6 is 35.3 Å². The van der Waals surface area contributed by atoms with Crippen molar-refractivity contribution in [1.29, 1.82) is 0 Å². The van der Waals surface area contributed by atoms with Gasteiger partial charge in [0.15, 0.2) is 5.13 Å². The van der Waals surface area contributed by atoms with Gasteiger partial charge in [0.2, 0.25) is 5.91 Å². The predicted octanol–water partition coefficient (Wildman–Crippen LogP) is 3.73. The molecule has 0 spiro atoms. The molecule has 1 aromatic carbocycles. The van der Waals surface area contributed by atoms with Crippen molar-refractivity contribution in [3.8, 4) is 0 Å². The summed E-state index contributed by atoms with van der Waals surface area (Å²) in [5.41, 5.74) is 6.85. The zero-order valence-electron chi connectivity index (χ0n) is 12.4. The van der Waals surface area contributed by atoms with Gasteiger partial charge < -0.3 is 11.1 Å². The first-order valence-corrected chi connectivity index (χ1v) is 7.91. The van der Waals surface area contributed by atoms with Crippen molar-refractivity contribution < 1.29 is 4.79 Å². The van der Waals surface area contributed by atoms with E-state index in [9.17, 15) is 4.79 Å². The van der Waals surface area contributed by atoms with Gasteiger partial charge in [-0.1, -0.05) is 43.6 Å². The van der Waals surface area contributed by atoms with Crippen LogP contribution in [-0.4, -0.2) is 16.9 Å². The molecular formula is C15H19Cl2N3OS. The van der Waals surface area contributed by atoms with Crippen LogP contribution in [0.2, 0.25) is 5.02 Å². The van der Waals surface area contributed by atoms with E-state index in [0.29, 0.717) is 11.6 Å². The summed E-state index contributed by atoms with van der Waals surface area (Å²) in [5, 5.41) is 4.06. The van der Waals surface area contributed by atoms with Crippen molar-refractivity contribution in [2.24, 2.45) is 11.7 Å². The minimum Gasteiger partial charge on any atom is -0.320 e. The Morgan fingerprint density at radius 2 is 2.09 bits per heavy atom. The van der Waals surface area contributed by atoms with Crippen LogP contribution in [0.15, 0.2) is 30.5 Å². The van der Waals surface area contributed by atoms with Gasteiger partial charge in [0.05, 0.1) is 6.04 Å². The second-order valence-electron chi connectivity index (χ2n) is 5.16. The smallest absolute Gasteiger partial charge is 0.243 e. The number of nitrogens with one attached hydrogen (secondary N) is 1. The molecule has 0 aliphatic carbocycles. The fraction of sp³-hybridized carbons (Fsp3) is 0.333. The van der Waals surface area contributed by atoms with Gasteiger partial charge in [-0.05, 0) is 17.5 Å². The molecule has 0 saturated carbocycles. The SMILES string of the molecule is CC(C)C(N)C(=O)Nc1ncc(Cc2ccccc2Cl)s1.Cl. The van der Waals surface area contributed by atoms with Crippen LogP contribution < -0.4 is 11.1 Å². The summed E-state index contributed by atoms with van der Waals surface area (Å²) in [6.07, 6.45) is 2.45. The third-order valence-corrected chi connectivity index (χ3v) is 4.41. The highest BCUT2D eigenvalue weighted by molar-refractivity contribution is 7.15. The molecule has 1 amide bonds. The molecule has 2 rings (SSSR count). The van der Waals surface area contributed by atoms with Crippen LogP contribution in [0.3, 0.4) is 0 Å². The maximum absolute atomic E-state index is 11.9. The molecule has 0 aliphatic rings. The summed E-state index contributed by atoms with van der Waals surface area (Å²) in [6.45, 7) is 3.82. The Balaban J connectivity index is 0.00000242. The summed E-state index contributed by atoms with van der Waals surface area (Å²) in [4.78, 5) is 17.1. The second kappa shape index (κ2) is 8.48. The number of benzene rings is 1. The highest BCUT2D eigenvalue weighted by Gasteiger charge is 2.18. The topological polar surface area (TPSA) is 68.0 Å². The number of nitrogens with two attached hydrogens (primary N) is 1. The van der Waals surface area contributed by atoms with Gasteiger partial charge in [-0.2, -0.15) is 0 Å². The summed E-state index contributed by atoms with van der Waals surface area (Å²) >= 11 is 7.58. The Morgan fingerprint density at radius 3 is 2.73 bits per heavy atom. The number of carbonyl (C=O) groups excluding carboxylic acids is 1. The monoisotopic (exact) mass is 359 g/mol. The van der Waals surface area contributed by atoms with Gasteiger partial charge in [-0.25, -0.2) is 4.98 Å². The van der Waals surface area contributed by atoms with Crippen LogP contribution in [0, 0.1) is 5.92 Å². The molecule has 3 N–H and O–H groups in total. The lowest BCUT2D eigenvalue weighted by Crippen LogP contribution is -2.39. The molecule has 0 fully saturated rings. The van der Waals surface area contributed by atoms with Crippen LogP contribution in [0.4, 0.5) is 5.13 Å². The van der Waals surface area contributed by atoms with Crippen molar-refractivity contribution in [1.82, 2.24) is 4.98 Å². The van der Waals surface area contributed by atoms with E-state index in [-0.39, 0.29) is 24.2 Å². The first-order chi connectivity index (χ1) is 9.97. The zero-order valence-corrected chi connectivity index (χ0v) is 14.8. The van der Waals surface area contributed by atoms with Crippen LogP contribution in [-0.2, 0) is 11.2 Å². The lowest BCUT2D eigenvalue weighted by atomic mass is 10.1. The van der Waals surface area contributed by atoms with Gasteiger partial charge >= 0.3 is 0 Å². The van der Waals surface area contributed by atoms with Crippen molar-refractivity contribution in [3.05, 3.63) is 45.9 Å². The molecule has 120 valence electrons. The third-order valence-electron chi connectivity index (χ3n) is 3.13. The lowest BCUT2D eigenvalue weighted by molar-refractivity contribution is -0.118. The Labute approximate surface area is 145 Å². The fourth-order valence-electron chi connectivity index (χ4n) is 1.77. The molecule has 7 heteroatoms. The lowest BCUT2D eigenvalue weighted by Gasteiger charge is -2.13. The minimum atomic E-state index is -0.527. The zero-order chi connectivity index (χ0) is 15.4. The van der Waals surface area contributed by atoms with E-state index in [4.69, 9.17) is 17.3 Å². The van der Waals surface area contributed by atoms with Crippen molar-refractivity contribution in [2.75, 3.05) is 5.32 Å². The number of amides is 1. The van der Waals surface area contributed by atoms with E-state index >= 15 is 0 Å².